The van der Waals surface area contributed by atoms with Crippen molar-refractivity contribution in [1.82, 2.24) is 9.55 Å². The molecule has 110 valence electrons. The van der Waals surface area contributed by atoms with Crippen molar-refractivity contribution in [1.29, 1.82) is 0 Å². The summed E-state index contributed by atoms with van der Waals surface area (Å²) in [5.41, 5.74) is -0.210. The van der Waals surface area contributed by atoms with Gasteiger partial charge in [0.2, 0.25) is 0 Å². The molecule has 6 nitrogen and oxygen atoms in total. The lowest BCUT2D eigenvalue weighted by Crippen LogP contribution is -2.34. The highest BCUT2D eigenvalue weighted by Gasteiger charge is 2.06. The minimum Gasteiger partial charge on any atom is -0.292 e. The summed E-state index contributed by atoms with van der Waals surface area (Å²) < 4.78 is 13.8. The van der Waals surface area contributed by atoms with Gasteiger partial charge in [0.05, 0.1) is 6.21 Å². The van der Waals surface area contributed by atoms with Gasteiger partial charge in [-0.2, -0.15) is 5.10 Å². The predicted octanol–water partition coefficient (Wildman–Crippen LogP) is 1.07. The molecule has 0 atom stereocenters. The quantitative estimate of drug-likeness (QED) is 0.676. The van der Waals surface area contributed by atoms with Crippen LogP contribution in [0.3, 0.4) is 0 Å². The molecular formula is C14H15FN4O2. The Bertz CT molecular complexity index is 731. The summed E-state index contributed by atoms with van der Waals surface area (Å²) in [7, 11) is 1.39. The van der Waals surface area contributed by atoms with Crippen molar-refractivity contribution in [3.8, 4) is 0 Å². The zero-order valence-corrected chi connectivity index (χ0v) is 11.7. The highest BCUT2D eigenvalue weighted by atomic mass is 19.1. The first-order valence-electron chi connectivity index (χ1n) is 6.38. The minimum atomic E-state index is -0.507. The summed E-state index contributed by atoms with van der Waals surface area (Å²) >= 11 is 0. The molecule has 0 aliphatic heterocycles. The maximum absolute atomic E-state index is 12.8. The van der Waals surface area contributed by atoms with Crippen molar-refractivity contribution in [3.63, 3.8) is 0 Å². The second-order valence-electron chi connectivity index (χ2n) is 4.37. The van der Waals surface area contributed by atoms with E-state index in [4.69, 9.17) is 0 Å². The van der Waals surface area contributed by atoms with Crippen LogP contribution >= 0.6 is 0 Å². The fraction of sp³-hybridized carbons (Fsp3) is 0.214. The highest BCUT2D eigenvalue weighted by molar-refractivity contribution is 5.80. The van der Waals surface area contributed by atoms with Crippen molar-refractivity contribution >= 4 is 12.0 Å². The van der Waals surface area contributed by atoms with Crippen LogP contribution in [0.1, 0.15) is 12.5 Å². The van der Waals surface area contributed by atoms with Crippen molar-refractivity contribution in [2.24, 2.45) is 12.1 Å². The molecule has 0 radical (unpaired) electrons. The third-order valence-corrected chi connectivity index (χ3v) is 2.92. The van der Waals surface area contributed by atoms with Gasteiger partial charge in [0.25, 0.3) is 5.56 Å². The topological polar surface area (TPSA) is 70.5 Å². The van der Waals surface area contributed by atoms with Gasteiger partial charge in [0.1, 0.15) is 11.6 Å². The molecule has 7 heteroatoms. The van der Waals surface area contributed by atoms with Crippen LogP contribution in [-0.4, -0.2) is 22.3 Å². The number of aromatic amines is 1. The summed E-state index contributed by atoms with van der Waals surface area (Å²) in [6.07, 6.45) is 1.53. The monoisotopic (exact) mass is 290 g/mol. The van der Waals surface area contributed by atoms with Crippen LogP contribution in [0.2, 0.25) is 0 Å². The molecule has 0 fully saturated rings. The van der Waals surface area contributed by atoms with Gasteiger partial charge in [-0.15, -0.1) is 0 Å². The standard InChI is InChI=1S/C14H15FN4O2/c1-3-19(12-8-13(20)18(2)14(21)17-12)16-9-10-4-6-11(15)7-5-10/h4-9H,3H2,1-2H3,(H,17,21)/b16-9+. The number of hydrogen-bond donors (Lipinski definition) is 1. The molecule has 0 amide bonds. The normalized spacial score (nSPS) is 11.0. The predicted molar refractivity (Wildman–Crippen MR) is 79.3 cm³/mol. The van der Waals surface area contributed by atoms with Gasteiger partial charge in [-0.25, -0.2) is 14.2 Å². The molecule has 2 rings (SSSR count). The van der Waals surface area contributed by atoms with Gasteiger partial charge in [-0.3, -0.25) is 14.3 Å². The SMILES string of the molecule is CCN(/N=C/c1ccc(F)cc1)c1cc(=O)n(C)c(=O)[nH]1. The zero-order chi connectivity index (χ0) is 15.4. The number of benzene rings is 1. The fourth-order valence-electron chi connectivity index (χ4n) is 1.68. The van der Waals surface area contributed by atoms with Gasteiger partial charge in [-0.05, 0) is 24.6 Å². The Hall–Kier alpha value is -2.70. The average Bonchev–Trinajstić information content (AvgIpc) is 2.47. The molecule has 1 N–H and O–H groups in total. The zero-order valence-electron chi connectivity index (χ0n) is 11.7. The van der Waals surface area contributed by atoms with Gasteiger partial charge in [0.15, 0.2) is 0 Å². The summed E-state index contributed by atoms with van der Waals surface area (Å²) in [5.74, 6) is -0.0145. The summed E-state index contributed by atoms with van der Waals surface area (Å²) in [5, 5.41) is 5.67. The van der Waals surface area contributed by atoms with Gasteiger partial charge in [-0.1, -0.05) is 12.1 Å². The lowest BCUT2D eigenvalue weighted by atomic mass is 10.2. The summed E-state index contributed by atoms with van der Waals surface area (Å²) in [6.45, 7) is 2.29. The van der Waals surface area contributed by atoms with E-state index in [0.29, 0.717) is 17.9 Å². The largest absolute Gasteiger partial charge is 0.329 e. The van der Waals surface area contributed by atoms with E-state index in [9.17, 15) is 14.0 Å². The Morgan fingerprint density at radius 3 is 2.57 bits per heavy atom. The molecule has 0 aliphatic carbocycles. The Balaban J connectivity index is 2.30. The molecule has 21 heavy (non-hydrogen) atoms. The minimum absolute atomic E-state index is 0.309. The van der Waals surface area contributed by atoms with E-state index in [1.807, 2.05) is 6.92 Å². The molecule has 1 aromatic carbocycles. The van der Waals surface area contributed by atoms with Crippen molar-refractivity contribution in [2.45, 2.75) is 6.92 Å². The number of nitrogens with one attached hydrogen (secondary N) is 1. The van der Waals surface area contributed by atoms with Crippen LogP contribution in [0.15, 0.2) is 45.0 Å². The Labute approximate surface area is 120 Å². The lowest BCUT2D eigenvalue weighted by Gasteiger charge is -2.16. The smallest absolute Gasteiger partial charge is 0.292 e. The molecule has 0 spiro atoms. The molecule has 1 heterocycles. The van der Waals surface area contributed by atoms with E-state index in [-0.39, 0.29) is 5.82 Å². The van der Waals surface area contributed by atoms with Crippen LogP contribution in [-0.2, 0) is 7.05 Å². The number of hydrazone groups is 1. The maximum Gasteiger partial charge on any atom is 0.329 e. The molecule has 0 saturated heterocycles. The number of H-pyrrole nitrogens is 1. The van der Waals surface area contributed by atoms with Crippen molar-refractivity contribution in [3.05, 3.63) is 62.6 Å². The van der Waals surface area contributed by atoms with Crippen molar-refractivity contribution in [2.75, 3.05) is 11.6 Å². The van der Waals surface area contributed by atoms with E-state index in [1.54, 1.807) is 12.1 Å². The van der Waals surface area contributed by atoms with E-state index in [0.717, 1.165) is 4.57 Å². The number of anilines is 1. The second kappa shape index (κ2) is 6.17. The van der Waals surface area contributed by atoms with Crippen LogP contribution in [0.25, 0.3) is 0 Å². The number of nitrogens with zero attached hydrogens (tertiary/aromatic N) is 3. The molecule has 0 unspecified atom stereocenters. The fourth-order valence-corrected chi connectivity index (χ4v) is 1.68. The molecule has 0 bridgehead atoms. The first-order valence-corrected chi connectivity index (χ1v) is 6.38. The van der Waals surface area contributed by atoms with Gasteiger partial charge >= 0.3 is 5.69 Å². The van der Waals surface area contributed by atoms with Crippen molar-refractivity contribution < 1.29 is 4.39 Å². The van der Waals surface area contributed by atoms with Crippen LogP contribution in [0.5, 0.6) is 0 Å². The molecule has 0 saturated carbocycles. The van der Waals surface area contributed by atoms with E-state index < -0.39 is 11.2 Å². The van der Waals surface area contributed by atoms with Gasteiger partial charge in [0, 0.05) is 19.7 Å². The second-order valence-corrected chi connectivity index (χ2v) is 4.37. The number of rotatable bonds is 4. The molecule has 2 aromatic rings. The summed E-state index contributed by atoms with van der Waals surface area (Å²) in [6, 6.07) is 7.13. The number of aromatic nitrogens is 2. The van der Waals surface area contributed by atoms with Crippen LogP contribution in [0.4, 0.5) is 10.2 Å². The first kappa shape index (κ1) is 14.7. The Kier molecular flexibility index (Phi) is 4.32. The Morgan fingerprint density at radius 2 is 2.00 bits per heavy atom. The van der Waals surface area contributed by atoms with Crippen LogP contribution in [0, 0.1) is 5.82 Å². The number of hydrogen-bond acceptors (Lipinski definition) is 4. The lowest BCUT2D eigenvalue weighted by molar-refractivity contribution is 0.628. The molecule has 1 aromatic heterocycles. The number of halogens is 1. The Morgan fingerprint density at radius 1 is 1.33 bits per heavy atom. The van der Waals surface area contributed by atoms with Gasteiger partial charge < -0.3 is 0 Å². The highest BCUT2D eigenvalue weighted by Crippen LogP contribution is 2.06. The van der Waals surface area contributed by atoms with E-state index in [1.165, 1.54) is 36.5 Å². The summed E-state index contributed by atoms with van der Waals surface area (Å²) in [4.78, 5) is 25.8. The van der Waals surface area contributed by atoms with Crippen LogP contribution < -0.4 is 16.3 Å². The third kappa shape index (κ3) is 3.44. The third-order valence-electron chi connectivity index (χ3n) is 2.92. The average molecular weight is 290 g/mol. The first-order chi connectivity index (χ1) is 10.0. The molecular weight excluding hydrogens is 275 g/mol. The molecule has 0 aliphatic rings. The van der Waals surface area contributed by atoms with E-state index in [2.05, 4.69) is 10.1 Å². The maximum atomic E-state index is 12.8. The van der Waals surface area contributed by atoms with E-state index >= 15 is 0 Å².